The molecule has 2 aromatic rings. The van der Waals surface area contributed by atoms with Gasteiger partial charge in [-0.3, -0.25) is 4.79 Å². The summed E-state index contributed by atoms with van der Waals surface area (Å²) >= 11 is 7.24. The smallest absolute Gasteiger partial charge is 0.183 e. The molecule has 0 unspecified atom stereocenters. The van der Waals surface area contributed by atoms with Crippen LogP contribution in [0.1, 0.15) is 28.1 Å². The van der Waals surface area contributed by atoms with Crippen molar-refractivity contribution >= 4 is 34.4 Å². The fourth-order valence-electron chi connectivity index (χ4n) is 2.25. The molecule has 0 spiro atoms. The van der Waals surface area contributed by atoms with Crippen molar-refractivity contribution in [1.29, 1.82) is 0 Å². The van der Waals surface area contributed by atoms with Crippen LogP contribution in [-0.2, 0) is 5.41 Å². The molecule has 3 rings (SSSR count). The second kappa shape index (κ2) is 4.11. The van der Waals surface area contributed by atoms with Crippen LogP contribution in [0.15, 0.2) is 36.4 Å². The Morgan fingerprint density at radius 1 is 1.17 bits per heavy atom. The van der Waals surface area contributed by atoms with Gasteiger partial charge in [0.05, 0.1) is 14.6 Å². The van der Waals surface area contributed by atoms with Gasteiger partial charge in [0, 0.05) is 5.69 Å². The van der Waals surface area contributed by atoms with E-state index in [9.17, 15) is 4.79 Å². The second-order valence-electron chi connectivity index (χ2n) is 4.64. The lowest BCUT2D eigenvalue weighted by Gasteiger charge is -2.13. The van der Waals surface area contributed by atoms with E-state index < -0.39 is 0 Å². The van der Waals surface area contributed by atoms with E-state index in [1.807, 2.05) is 30.3 Å². The second-order valence-corrected chi connectivity index (χ2v) is 6.35. The number of hydrogen-bond donors (Lipinski definition) is 1. The lowest BCUT2D eigenvalue weighted by Crippen LogP contribution is -2.19. The molecule has 0 aliphatic heterocycles. The van der Waals surface area contributed by atoms with E-state index in [2.05, 4.69) is 0 Å². The van der Waals surface area contributed by atoms with Gasteiger partial charge in [-0.15, -0.1) is 11.3 Å². The van der Waals surface area contributed by atoms with Gasteiger partial charge in [0.25, 0.3) is 0 Å². The quantitative estimate of drug-likeness (QED) is 0.683. The minimum Gasteiger partial charge on any atom is -0.399 e. The fraction of sp³-hybridized carbons (Fsp3) is 0.214. The molecule has 0 saturated heterocycles. The topological polar surface area (TPSA) is 43.1 Å². The van der Waals surface area contributed by atoms with Crippen LogP contribution in [0.25, 0.3) is 0 Å². The molecule has 1 aromatic heterocycles. The Balaban J connectivity index is 1.96. The van der Waals surface area contributed by atoms with Crippen molar-refractivity contribution in [2.24, 2.45) is 0 Å². The summed E-state index contributed by atoms with van der Waals surface area (Å²) in [6, 6.07) is 11.2. The Morgan fingerprint density at radius 3 is 2.33 bits per heavy atom. The van der Waals surface area contributed by atoms with Gasteiger partial charge in [-0.2, -0.15) is 0 Å². The fourth-order valence-corrected chi connectivity index (χ4v) is 3.33. The van der Waals surface area contributed by atoms with Crippen LogP contribution in [0.5, 0.6) is 0 Å². The first-order valence-corrected chi connectivity index (χ1v) is 6.97. The molecule has 18 heavy (non-hydrogen) atoms. The van der Waals surface area contributed by atoms with Gasteiger partial charge in [0.15, 0.2) is 5.78 Å². The molecule has 1 aromatic carbocycles. The summed E-state index contributed by atoms with van der Waals surface area (Å²) < 4.78 is 0.659. The maximum atomic E-state index is 12.5. The van der Waals surface area contributed by atoms with Crippen LogP contribution >= 0.6 is 22.9 Å². The third kappa shape index (κ3) is 1.84. The molecule has 1 aliphatic rings. The number of carbonyl (C=O) groups is 1. The van der Waals surface area contributed by atoms with E-state index in [1.165, 1.54) is 11.3 Å². The monoisotopic (exact) mass is 277 g/mol. The van der Waals surface area contributed by atoms with E-state index in [0.29, 0.717) is 4.34 Å². The Hall–Kier alpha value is -1.32. The number of anilines is 1. The van der Waals surface area contributed by atoms with Crippen LogP contribution in [0.3, 0.4) is 0 Å². The van der Waals surface area contributed by atoms with E-state index in [4.69, 9.17) is 17.3 Å². The summed E-state index contributed by atoms with van der Waals surface area (Å²) in [7, 11) is 0. The lowest BCUT2D eigenvalue weighted by molar-refractivity contribution is 0.0950. The van der Waals surface area contributed by atoms with Crippen molar-refractivity contribution in [1.82, 2.24) is 0 Å². The first-order chi connectivity index (χ1) is 8.62. The van der Waals surface area contributed by atoms with Crippen LogP contribution in [-0.4, -0.2) is 5.78 Å². The summed E-state index contributed by atoms with van der Waals surface area (Å²) in [5.74, 6) is 0.184. The Labute approximate surface area is 114 Å². The van der Waals surface area contributed by atoms with Gasteiger partial charge >= 0.3 is 0 Å². The first-order valence-electron chi connectivity index (χ1n) is 5.78. The molecule has 2 N–H and O–H groups in total. The average molecular weight is 278 g/mol. The molecule has 0 amide bonds. The third-order valence-corrected chi connectivity index (χ3v) is 4.67. The molecule has 0 bridgehead atoms. The van der Waals surface area contributed by atoms with Gasteiger partial charge in [-0.1, -0.05) is 23.7 Å². The zero-order valence-corrected chi connectivity index (χ0v) is 11.2. The van der Waals surface area contributed by atoms with Crippen LogP contribution in [0, 0.1) is 0 Å². The number of rotatable bonds is 3. The predicted molar refractivity (Wildman–Crippen MR) is 75.4 cm³/mol. The first kappa shape index (κ1) is 11.8. The van der Waals surface area contributed by atoms with E-state index >= 15 is 0 Å². The minimum absolute atomic E-state index is 0.184. The molecule has 0 radical (unpaired) electrons. The van der Waals surface area contributed by atoms with E-state index in [-0.39, 0.29) is 11.2 Å². The molecule has 1 heterocycles. The van der Waals surface area contributed by atoms with Gasteiger partial charge in [-0.25, -0.2) is 0 Å². The van der Waals surface area contributed by atoms with Crippen molar-refractivity contribution in [2.45, 2.75) is 18.3 Å². The Kier molecular flexibility index (Phi) is 2.68. The average Bonchev–Trinajstić information content (AvgIpc) is 3.06. The summed E-state index contributed by atoms with van der Waals surface area (Å²) in [5, 5.41) is 0. The molecule has 1 aliphatic carbocycles. The number of Topliss-reactive ketones (excluding diaryl/α,β-unsaturated/α-hetero) is 1. The zero-order chi connectivity index (χ0) is 12.8. The minimum atomic E-state index is -0.331. The molecule has 1 fully saturated rings. The SMILES string of the molecule is Nc1ccc(C2(C(=O)c3ccc(Cl)s3)CC2)cc1. The van der Waals surface area contributed by atoms with E-state index in [0.717, 1.165) is 29.0 Å². The largest absolute Gasteiger partial charge is 0.399 e. The molecule has 0 atom stereocenters. The van der Waals surface area contributed by atoms with Gasteiger partial charge in [-0.05, 0) is 42.7 Å². The standard InChI is InChI=1S/C14H12ClNOS/c15-12-6-5-11(18-12)13(17)14(7-8-14)9-1-3-10(16)4-2-9/h1-6H,7-8,16H2. The molecule has 1 saturated carbocycles. The number of carbonyl (C=O) groups excluding carboxylic acids is 1. The van der Waals surface area contributed by atoms with Crippen molar-refractivity contribution < 1.29 is 4.79 Å². The molecular formula is C14H12ClNOS. The van der Waals surface area contributed by atoms with Gasteiger partial charge in [0.2, 0.25) is 0 Å². The van der Waals surface area contributed by atoms with Gasteiger partial charge < -0.3 is 5.73 Å². The molecule has 2 nitrogen and oxygen atoms in total. The molecule has 4 heteroatoms. The van der Waals surface area contributed by atoms with Crippen molar-refractivity contribution in [3.8, 4) is 0 Å². The highest BCUT2D eigenvalue weighted by atomic mass is 35.5. The van der Waals surface area contributed by atoms with E-state index in [1.54, 1.807) is 6.07 Å². The summed E-state index contributed by atoms with van der Waals surface area (Å²) in [6.45, 7) is 0. The van der Waals surface area contributed by atoms with Crippen LogP contribution in [0.4, 0.5) is 5.69 Å². The number of benzene rings is 1. The summed E-state index contributed by atoms with van der Waals surface area (Å²) in [5.41, 5.74) is 7.13. The zero-order valence-electron chi connectivity index (χ0n) is 9.65. The maximum Gasteiger partial charge on any atom is 0.183 e. The number of nitrogens with two attached hydrogens (primary N) is 1. The highest BCUT2D eigenvalue weighted by Gasteiger charge is 2.51. The van der Waals surface area contributed by atoms with Gasteiger partial charge in [0.1, 0.15) is 0 Å². The Morgan fingerprint density at radius 2 is 1.83 bits per heavy atom. The van der Waals surface area contributed by atoms with Crippen LogP contribution in [0.2, 0.25) is 4.34 Å². The predicted octanol–water partition coefficient (Wildman–Crippen LogP) is 3.90. The number of nitrogen functional groups attached to an aromatic ring is 1. The molecule has 92 valence electrons. The number of hydrogen-bond acceptors (Lipinski definition) is 3. The summed E-state index contributed by atoms with van der Waals surface area (Å²) in [4.78, 5) is 13.3. The lowest BCUT2D eigenvalue weighted by atomic mass is 9.90. The van der Waals surface area contributed by atoms with Crippen molar-refractivity contribution in [2.75, 3.05) is 5.73 Å². The number of halogens is 1. The Bertz CT molecular complexity index is 599. The van der Waals surface area contributed by atoms with Crippen molar-refractivity contribution in [3.05, 3.63) is 51.2 Å². The van der Waals surface area contributed by atoms with Crippen LogP contribution < -0.4 is 5.73 Å². The molecular weight excluding hydrogens is 266 g/mol. The normalized spacial score (nSPS) is 16.5. The number of thiophene rings is 1. The third-order valence-electron chi connectivity index (χ3n) is 3.44. The number of ketones is 1. The highest BCUT2D eigenvalue weighted by molar-refractivity contribution is 7.18. The maximum absolute atomic E-state index is 12.5. The van der Waals surface area contributed by atoms with Crippen molar-refractivity contribution in [3.63, 3.8) is 0 Å². The summed E-state index contributed by atoms with van der Waals surface area (Å²) in [6.07, 6.45) is 1.82. The highest BCUT2D eigenvalue weighted by Crippen LogP contribution is 2.51.